The first-order valence-electron chi connectivity index (χ1n) is 8.59. The number of nitrogens with zero attached hydrogens (tertiary/aromatic N) is 5. The van der Waals surface area contributed by atoms with E-state index >= 15 is 0 Å². The summed E-state index contributed by atoms with van der Waals surface area (Å²) in [5, 5.41) is 9.35. The highest BCUT2D eigenvalue weighted by Gasteiger charge is 2.25. The molecule has 0 bridgehead atoms. The fourth-order valence-corrected chi connectivity index (χ4v) is 3.62. The Hall–Kier alpha value is -2.57. The second-order valence-corrected chi connectivity index (χ2v) is 7.04. The molecular weight excluding hydrogens is 385 g/mol. The highest BCUT2D eigenvalue weighted by Crippen LogP contribution is 2.26. The summed E-state index contributed by atoms with van der Waals surface area (Å²) in [7, 11) is 0. The highest BCUT2D eigenvalue weighted by molar-refractivity contribution is 6.33. The second kappa shape index (κ2) is 7.58. The van der Waals surface area contributed by atoms with Crippen molar-refractivity contribution in [1.82, 2.24) is 19.9 Å². The van der Waals surface area contributed by atoms with Crippen molar-refractivity contribution in [1.29, 1.82) is 0 Å². The number of aromatic nitrogens is 3. The van der Waals surface area contributed by atoms with E-state index < -0.39 is 0 Å². The summed E-state index contributed by atoms with van der Waals surface area (Å²) in [6, 6.07) is 15.0. The normalized spacial score (nSPS) is 14.4. The molecule has 6 nitrogen and oxygen atoms in total. The Morgan fingerprint density at radius 1 is 0.852 bits per heavy atom. The summed E-state index contributed by atoms with van der Waals surface area (Å²) in [5.74, 6) is -0.132. The molecule has 1 aliphatic rings. The lowest BCUT2D eigenvalue weighted by Gasteiger charge is -2.36. The third-order valence-corrected chi connectivity index (χ3v) is 5.21. The first-order valence-corrected chi connectivity index (χ1v) is 9.35. The molecule has 138 valence electrons. The number of hydrogen-bond donors (Lipinski definition) is 0. The number of rotatable bonds is 3. The van der Waals surface area contributed by atoms with Gasteiger partial charge in [-0.1, -0.05) is 52.7 Å². The van der Waals surface area contributed by atoms with Gasteiger partial charge in [-0.3, -0.25) is 4.79 Å². The Balaban J connectivity index is 1.44. The number of hydrogen-bond acceptors (Lipinski definition) is 4. The molecular formula is C19H17Cl2N5O. The average molecular weight is 402 g/mol. The summed E-state index contributed by atoms with van der Waals surface area (Å²) in [4.78, 5) is 16.7. The molecule has 0 N–H and O–H groups in total. The molecule has 1 aromatic heterocycles. The van der Waals surface area contributed by atoms with Crippen molar-refractivity contribution < 1.29 is 4.79 Å². The maximum Gasteiger partial charge on any atom is 0.276 e. The van der Waals surface area contributed by atoms with Gasteiger partial charge in [0.15, 0.2) is 5.69 Å². The summed E-state index contributed by atoms with van der Waals surface area (Å²) >= 11 is 12.5. The Bertz CT molecular complexity index is 966. The van der Waals surface area contributed by atoms with Crippen LogP contribution in [0.3, 0.4) is 0 Å². The van der Waals surface area contributed by atoms with Crippen molar-refractivity contribution in [3.05, 3.63) is 70.5 Å². The topological polar surface area (TPSA) is 54.3 Å². The molecule has 8 heteroatoms. The quantitative estimate of drug-likeness (QED) is 0.673. The van der Waals surface area contributed by atoms with Crippen LogP contribution in [0.25, 0.3) is 5.69 Å². The van der Waals surface area contributed by atoms with E-state index in [0.29, 0.717) is 42.6 Å². The molecule has 1 fully saturated rings. The molecule has 0 unspecified atom stereocenters. The van der Waals surface area contributed by atoms with Gasteiger partial charge in [-0.05, 0) is 24.3 Å². The Labute approximate surface area is 166 Å². The third-order valence-electron chi connectivity index (χ3n) is 4.57. The van der Waals surface area contributed by atoms with Gasteiger partial charge < -0.3 is 9.80 Å². The van der Waals surface area contributed by atoms with E-state index in [1.807, 2.05) is 42.5 Å². The van der Waals surface area contributed by atoms with Gasteiger partial charge in [-0.25, -0.2) is 4.68 Å². The van der Waals surface area contributed by atoms with Crippen molar-refractivity contribution in [2.45, 2.75) is 0 Å². The number of carbonyl (C=O) groups is 1. The first kappa shape index (κ1) is 17.8. The molecule has 0 saturated carbocycles. The summed E-state index contributed by atoms with van der Waals surface area (Å²) in [6.45, 7) is 2.63. The predicted octanol–water partition coefficient (Wildman–Crippen LogP) is 3.54. The lowest BCUT2D eigenvalue weighted by Crippen LogP contribution is -2.49. The SMILES string of the molecule is O=C(c1cn(-c2ccccc2Cl)nn1)N1CCN(c2ccccc2Cl)CC1. The van der Waals surface area contributed by atoms with Crippen molar-refractivity contribution in [3.63, 3.8) is 0 Å². The molecule has 3 aromatic rings. The van der Waals surface area contributed by atoms with Gasteiger partial charge in [0, 0.05) is 26.2 Å². The molecule has 0 atom stereocenters. The minimum absolute atomic E-state index is 0.132. The number of piperazine rings is 1. The largest absolute Gasteiger partial charge is 0.367 e. The summed E-state index contributed by atoms with van der Waals surface area (Å²) < 4.78 is 1.52. The highest BCUT2D eigenvalue weighted by atomic mass is 35.5. The fourth-order valence-electron chi connectivity index (χ4n) is 3.14. The minimum atomic E-state index is -0.132. The van der Waals surface area contributed by atoms with Crippen LogP contribution in [0.1, 0.15) is 10.5 Å². The zero-order chi connectivity index (χ0) is 18.8. The lowest BCUT2D eigenvalue weighted by atomic mass is 10.2. The number of anilines is 1. The smallest absolute Gasteiger partial charge is 0.276 e. The van der Waals surface area contributed by atoms with Crippen LogP contribution in [0.5, 0.6) is 0 Å². The van der Waals surface area contributed by atoms with E-state index in [0.717, 1.165) is 10.7 Å². The van der Waals surface area contributed by atoms with Crippen LogP contribution >= 0.6 is 23.2 Å². The van der Waals surface area contributed by atoms with Gasteiger partial charge in [-0.15, -0.1) is 5.10 Å². The third kappa shape index (κ3) is 3.63. The van der Waals surface area contributed by atoms with E-state index in [-0.39, 0.29) is 5.91 Å². The van der Waals surface area contributed by atoms with Crippen LogP contribution < -0.4 is 4.90 Å². The van der Waals surface area contributed by atoms with E-state index in [9.17, 15) is 4.79 Å². The molecule has 0 spiro atoms. The van der Waals surface area contributed by atoms with Crippen LogP contribution in [0.2, 0.25) is 10.0 Å². The number of benzene rings is 2. The van der Waals surface area contributed by atoms with E-state index in [2.05, 4.69) is 15.2 Å². The Morgan fingerprint density at radius 2 is 1.44 bits per heavy atom. The standard InChI is InChI=1S/C19H17Cl2N5O/c20-14-5-1-3-7-17(14)24-9-11-25(12-10-24)19(27)16-13-26(23-22-16)18-8-4-2-6-15(18)21/h1-8,13H,9-12H2. The Morgan fingerprint density at radius 3 is 2.07 bits per heavy atom. The molecule has 1 amide bonds. The molecule has 2 aromatic carbocycles. The summed E-state index contributed by atoms with van der Waals surface area (Å²) in [6.07, 6.45) is 1.62. The van der Waals surface area contributed by atoms with Crippen molar-refractivity contribution in [2.24, 2.45) is 0 Å². The minimum Gasteiger partial charge on any atom is -0.367 e. The molecule has 1 saturated heterocycles. The van der Waals surface area contributed by atoms with Gasteiger partial charge in [0.05, 0.1) is 27.6 Å². The van der Waals surface area contributed by atoms with Crippen LogP contribution in [0.15, 0.2) is 54.7 Å². The number of halogens is 2. The van der Waals surface area contributed by atoms with Crippen LogP contribution in [0, 0.1) is 0 Å². The van der Waals surface area contributed by atoms with E-state index in [1.165, 1.54) is 4.68 Å². The molecule has 0 aliphatic carbocycles. The van der Waals surface area contributed by atoms with E-state index in [4.69, 9.17) is 23.2 Å². The number of carbonyl (C=O) groups excluding carboxylic acids is 1. The zero-order valence-electron chi connectivity index (χ0n) is 14.4. The monoisotopic (exact) mass is 401 g/mol. The van der Waals surface area contributed by atoms with Crippen LogP contribution in [-0.2, 0) is 0 Å². The van der Waals surface area contributed by atoms with Crippen molar-refractivity contribution in [2.75, 3.05) is 31.1 Å². The van der Waals surface area contributed by atoms with Crippen LogP contribution in [0.4, 0.5) is 5.69 Å². The van der Waals surface area contributed by atoms with E-state index in [1.54, 1.807) is 17.2 Å². The predicted molar refractivity (Wildman–Crippen MR) is 106 cm³/mol. The van der Waals surface area contributed by atoms with Gasteiger partial charge in [0.2, 0.25) is 0 Å². The maximum atomic E-state index is 12.8. The van der Waals surface area contributed by atoms with Crippen molar-refractivity contribution in [3.8, 4) is 5.69 Å². The second-order valence-electron chi connectivity index (χ2n) is 6.23. The molecule has 27 heavy (non-hydrogen) atoms. The van der Waals surface area contributed by atoms with Gasteiger partial charge >= 0.3 is 0 Å². The first-order chi connectivity index (χ1) is 13.1. The Kier molecular flexibility index (Phi) is 5.01. The fraction of sp³-hybridized carbons (Fsp3) is 0.211. The molecule has 0 radical (unpaired) electrons. The van der Waals surface area contributed by atoms with Gasteiger partial charge in [0.1, 0.15) is 0 Å². The number of amides is 1. The molecule has 1 aliphatic heterocycles. The molecule has 4 rings (SSSR count). The molecule has 2 heterocycles. The average Bonchev–Trinajstić information content (AvgIpc) is 3.18. The lowest BCUT2D eigenvalue weighted by molar-refractivity contribution is 0.0741. The number of para-hydroxylation sites is 2. The summed E-state index contributed by atoms with van der Waals surface area (Å²) in [5.41, 5.74) is 1.99. The maximum absolute atomic E-state index is 12.8. The zero-order valence-corrected chi connectivity index (χ0v) is 15.9. The van der Waals surface area contributed by atoms with Gasteiger partial charge in [-0.2, -0.15) is 0 Å². The van der Waals surface area contributed by atoms with Crippen molar-refractivity contribution >= 4 is 34.8 Å². The van der Waals surface area contributed by atoms with Crippen LogP contribution in [-0.4, -0.2) is 52.0 Å². The van der Waals surface area contributed by atoms with Gasteiger partial charge in [0.25, 0.3) is 5.91 Å².